The second kappa shape index (κ2) is 6.70. The molecular formula is C17H27N3. The maximum absolute atomic E-state index is 5.77. The van der Waals surface area contributed by atoms with E-state index in [2.05, 4.69) is 40.1 Å². The Balaban J connectivity index is 1.57. The lowest BCUT2D eigenvalue weighted by atomic mass is 10.1. The molecule has 1 saturated heterocycles. The Morgan fingerprint density at radius 3 is 2.65 bits per heavy atom. The van der Waals surface area contributed by atoms with Crippen LogP contribution in [-0.4, -0.2) is 48.1 Å². The van der Waals surface area contributed by atoms with E-state index >= 15 is 0 Å². The molecule has 110 valence electrons. The zero-order valence-corrected chi connectivity index (χ0v) is 12.4. The molecule has 1 aliphatic heterocycles. The summed E-state index contributed by atoms with van der Waals surface area (Å²) in [6.45, 7) is 5.43. The molecule has 20 heavy (non-hydrogen) atoms. The van der Waals surface area contributed by atoms with Crippen molar-refractivity contribution < 1.29 is 0 Å². The summed E-state index contributed by atoms with van der Waals surface area (Å²) in [5.41, 5.74) is 7.21. The maximum atomic E-state index is 5.77. The van der Waals surface area contributed by atoms with Crippen LogP contribution in [0.25, 0.3) is 0 Å². The molecule has 3 nitrogen and oxygen atoms in total. The van der Waals surface area contributed by atoms with E-state index in [0.717, 1.165) is 31.7 Å². The highest BCUT2D eigenvalue weighted by Gasteiger charge is 2.33. The van der Waals surface area contributed by atoms with E-state index in [0.29, 0.717) is 0 Å². The lowest BCUT2D eigenvalue weighted by Gasteiger charge is -2.30. The Kier molecular flexibility index (Phi) is 4.71. The quantitative estimate of drug-likeness (QED) is 0.825. The van der Waals surface area contributed by atoms with Crippen LogP contribution in [0.15, 0.2) is 30.3 Å². The molecule has 3 rings (SSSR count). The van der Waals surface area contributed by atoms with Crippen molar-refractivity contribution in [3.63, 3.8) is 0 Å². The second-order valence-corrected chi connectivity index (χ2v) is 6.27. The maximum Gasteiger partial charge on any atom is 0.0237 e. The van der Waals surface area contributed by atoms with Gasteiger partial charge in [-0.15, -0.1) is 0 Å². The molecule has 0 bridgehead atoms. The Morgan fingerprint density at radius 2 is 1.95 bits per heavy atom. The lowest BCUT2D eigenvalue weighted by molar-refractivity contribution is 0.163. The van der Waals surface area contributed by atoms with Crippen LogP contribution in [0.3, 0.4) is 0 Å². The summed E-state index contributed by atoms with van der Waals surface area (Å²) in [6.07, 6.45) is 5.45. The fraction of sp³-hybridized carbons (Fsp3) is 0.647. The largest absolute Gasteiger partial charge is 0.329 e. The predicted octanol–water partition coefficient (Wildman–Crippen LogP) is 2.07. The lowest BCUT2D eigenvalue weighted by Crippen LogP contribution is -2.42. The van der Waals surface area contributed by atoms with E-state index in [1.807, 2.05) is 0 Å². The van der Waals surface area contributed by atoms with Crippen molar-refractivity contribution in [3.05, 3.63) is 35.9 Å². The van der Waals surface area contributed by atoms with Crippen molar-refractivity contribution in [3.8, 4) is 0 Å². The van der Waals surface area contributed by atoms with Gasteiger partial charge in [0.25, 0.3) is 0 Å². The van der Waals surface area contributed by atoms with Crippen LogP contribution in [0.1, 0.15) is 31.2 Å². The number of nitrogens with zero attached hydrogens (tertiary/aromatic N) is 2. The van der Waals surface area contributed by atoms with Gasteiger partial charge in [-0.25, -0.2) is 0 Å². The summed E-state index contributed by atoms with van der Waals surface area (Å²) >= 11 is 0. The van der Waals surface area contributed by atoms with Gasteiger partial charge in [-0.1, -0.05) is 30.3 Å². The van der Waals surface area contributed by atoms with Crippen LogP contribution in [0, 0.1) is 0 Å². The standard InChI is InChI=1S/C17H27N3/c18-10-12-20(16-8-9-16)14-17-7-4-11-19(17)13-15-5-2-1-3-6-15/h1-3,5-6,16-17H,4,7-14,18H2/t17-/m0/s1. The summed E-state index contributed by atoms with van der Waals surface area (Å²) in [4.78, 5) is 5.30. The summed E-state index contributed by atoms with van der Waals surface area (Å²) in [5, 5.41) is 0. The van der Waals surface area contributed by atoms with Gasteiger partial charge in [0.15, 0.2) is 0 Å². The van der Waals surface area contributed by atoms with Crippen molar-refractivity contribution in [2.75, 3.05) is 26.2 Å². The van der Waals surface area contributed by atoms with Gasteiger partial charge >= 0.3 is 0 Å². The fourth-order valence-electron chi connectivity index (χ4n) is 3.43. The van der Waals surface area contributed by atoms with Gasteiger partial charge in [-0.05, 0) is 37.8 Å². The molecule has 0 unspecified atom stereocenters. The van der Waals surface area contributed by atoms with E-state index in [1.54, 1.807) is 0 Å². The molecule has 1 aromatic carbocycles. The summed E-state index contributed by atoms with van der Waals surface area (Å²) in [5.74, 6) is 0. The molecule has 1 saturated carbocycles. The number of likely N-dealkylation sites (tertiary alicyclic amines) is 1. The molecule has 1 atom stereocenters. The molecule has 1 heterocycles. The number of hydrogen-bond acceptors (Lipinski definition) is 3. The van der Waals surface area contributed by atoms with Gasteiger partial charge in [0.1, 0.15) is 0 Å². The highest BCUT2D eigenvalue weighted by atomic mass is 15.3. The van der Waals surface area contributed by atoms with Gasteiger partial charge in [0.05, 0.1) is 0 Å². The molecule has 0 radical (unpaired) electrons. The molecule has 1 aromatic rings. The first-order valence-electron chi connectivity index (χ1n) is 8.09. The molecule has 2 N–H and O–H groups in total. The van der Waals surface area contributed by atoms with Crippen LogP contribution < -0.4 is 5.73 Å². The van der Waals surface area contributed by atoms with Crippen molar-refractivity contribution in [1.82, 2.24) is 9.80 Å². The Bertz CT molecular complexity index is 402. The van der Waals surface area contributed by atoms with E-state index < -0.39 is 0 Å². The Labute approximate surface area is 122 Å². The predicted molar refractivity (Wildman–Crippen MR) is 83.5 cm³/mol. The van der Waals surface area contributed by atoms with Crippen molar-refractivity contribution in [1.29, 1.82) is 0 Å². The molecule has 0 aromatic heterocycles. The first-order valence-corrected chi connectivity index (χ1v) is 8.09. The van der Waals surface area contributed by atoms with Crippen LogP contribution in [0.4, 0.5) is 0 Å². The normalized spacial score (nSPS) is 23.6. The molecular weight excluding hydrogens is 246 g/mol. The number of hydrogen-bond donors (Lipinski definition) is 1. The number of benzene rings is 1. The number of rotatable bonds is 7. The first kappa shape index (κ1) is 14.1. The third-order valence-electron chi connectivity index (χ3n) is 4.65. The molecule has 3 heteroatoms. The zero-order valence-electron chi connectivity index (χ0n) is 12.4. The van der Waals surface area contributed by atoms with Crippen LogP contribution in [0.2, 0.25) is 0 Å². The second-order valence-electron chi connectivity index (χ2n) is 6.27. The Hall–Kier alpha value is -0.900. The fourth-order valence-corrected chi connectivity index (χ4v) is 3.43. The van der Waals surface area contributed by atoms with E-state index in [9.17, 15) is 0 Å². The van der Waals surface area contributed by atoms with Gasteiger partial charge in [0.2, 0.25) is 0 Å². The third kappa shape index (κ3) is 3.60. The highest BCUT2D eigenvalue weighted by Crippen LogP contribution is 2.29. The Morgan fingerprint density at radius 1 is 1.15 bits per heavy atom. The van der Waals surface area contributed by atoms with Crippen molar-refractivity contribution in [2.45, 2.75) is 44.3 Å². The minimum absolute atomic E-state index is 0.724. The van der Waals surface area contributed by atoms with E-state index in [1.165, 1.54) is 44.3 Å². The van der Waals surface area contributed by atoms with E-state index in [4.69, 9.17) is 5.73 Å². The molecule has 1 aliphatic carbocycles. The smallest absolute Gasteiger partial charge is 0.0237 e. The van der Waals surface area contributed by atoms with Crippen molar-refractivity contribution in [2.24, 2.45) is 5.73 Å². The highest BCUT2D eigenvalue weighted by molar-refractivity contribution is 5.14. The SMILES string of the molecule is NCCN(C[C@@H]1CCCN1Cc1ccccc1)C1CC1. The molecule has 2 aliphatic rings. The first-order chi connectivity index (χ1) is 9.86. The average Bonchev–Trinajstić information content (AvgIpc) is 3.23. The van der Waals surface area contributed by atoms with Gasteiger partial charge in [-0.3, -0.25) is 9.80 Å². The van der Waals surface area contributed by atoms with Crippen LogP contribution >= 0.6 is 0 Å². The minimum atomic E-state index is 0.724. The topological polar surface area (TPSA) is 32.5 Å². The van der Waals surface area contributed by atoms with E-state index in [-0.39, 0.29) is 0 Å². The number of nitrogens with two attached hydrogens (primary N) is 1. The van der Waals surface area contributed by atoms with Crippen LogP contribution in [-0.2, 0) is 6.54 Å². The zero-order chi connectivity index (χ0) is 13.8. The van der Waals surface area contributed by atoms with Gasteiger partial charge < -0.3 is 5.73 Å². The monoisotopic (exact) mass is 273 g/mol. The summed E-state index contributed by atoms with van der Waals surface area (Å²) < 4.78 is 0. The summed E-state index contributed by atoms with van der Waals surface area (Å²) in [7, 11) is 0. The van der Waals surface area contributed by atoms with Gasteiger partial charge in [-0.2, -0.15) is 0 Å². The van der Waals surface area contributed by atoms with Gasteiger partial charge in [0, 0.05) is 38.3 Å². The third-order valence-corrected chi connectivity index (χ3v) is 4.65. The minimum Gasteiger partial charge on any atom is -0.329 e. The molecule has 0 amide bonds. The molecule has 0 spiro atoms. The summed E-state index contributed by atoms with van der Waals surface area (Å²) in [6, 6.07) is 12.4. The molecule has 2 fully saturated rings. The van der Waals surface area contributed by atoms with Crippen molar-refractivity contribution >= 4 is 0 Å². The van der Waals surface area contributed by atoms with Crippen LogP contribution in [0.5, 0.6) is 0 Å². The average molecular weight is 273 g/mol.